The van der Waals surface area contributed by atoms with Crippen LogP contribution in [0.1, 0.15) is 113 Å². The van der Waals surface area contributed by atoms with E-state index in [9.17, 15) is 0 Å². The van der Waals surface area contributed by atoms with Gasteiger partial charge in [-0.15, -0.1) is 106 Å². The second kappa shape index (κ2) is 32.6. The van der Waals surface area contributed by atoms with Crippen LogP contribution in [0.3, 0.4) is 0 Å². The van der Waals surface area contributed by atoms with Gasteiger partial charge in [0.05, 0.1) is 0 Å². The van der Waals surface area contributed by atoms with E-state index < -0.39 is 0 Å². The van der Waals surface area contributed by atoms with Gasteiger partial charge in [0.2, 0.25) is 0 Å². The molecule has 12 rings (SSSR count). The first-order valence-electron chi connectivity index (χ1n) is 27.1. The maximum absolute atomic E-state index is 3.12. The third-order valence-electron chi connectivity index (χ3n) is 14.3. The Labute approximate surface area is 509 Å². The van der Waals surface area contributed by atoms with E-state index in [0.717, 1.165) is 38.5 Å². The molecule has 0 radical (unpaired) electrons. The fourth-order valence-electron chi connectivity index (χ4n) is 9.11. The molecule has 0 heterocycles. The van der Waals surface area contributed by atoms with Crippen LogP contribution in [0.25, 0.3) is 43.1 Å². The topological polar surface area (TPSA) is 0 Å². The summed E-state index contributed by atoms with van der Waals surface area (Å²) in [5, 5.41) is 11.1. The van der Waals surface area contributed by atoms with Crippen LogP contribution in [0.15, 0.2) is 241 Å². The Morgan fingerprint density at radius 3 is 0.756 bits per heavy atom. The summed E-state index contributed by atoms with van der Waals surface area (Å²) in [7, 11) is 0. The molecule has 0 spiro atoms. The molecule has 0 saturated heterocycles. The molecule has 0 fully saturated rings. The predicted molar refractivity (Wildman–Crippen MR) is 325 cm³/mol. The third-order valence-corrected chi connectivity index (χ3v) is 17.1. The normalized spacial score (nSPS) is 11.9. The van der Waals surface area contributed by atoms with Gasteiger partial charge in [0, 0.05) is 0 Å². The monoisotopic (exact) mass is 1210 g/mol. The molecule has 0 aromatic heterocycles. The predicted octanol–water partition coefficient (Wildman–Crippen LogP) is 13.5. The molecule has 0 nitrogen and oxygen atoms in total. The van der Waals surface area contributed by atoms with Crippen LogP contribution in [0, 0.1) is 12.2 Å². The van der Waals surface area contributed by atoms with E-state index in [1.807, 2.05) is 0 Å². The Balaban J connectivity index is 0.000000176. The summed E-state index contributed by atoms with van der Waals surface area (Å²) in [6.07, 6.45) is 16.9. The van der Waals surface area contributed by atoms with Crippen molar-refractivity contribution in [2.75, 3.05) is 0 Å². The van der Waals surface area contributed by atoms with Crippen molar-refractivity contribution in [1.82, 2.24) is 0 Å². The Kier molecular flexibility index (Phi) is 26.5. The van der Waals surface area contributed by atoms with Gasteiger partial charge in [-0.3, -0.25) is 12.2 Å². The van der Waals surface area contributed by atoms with Crippen molar-refractivity contribution in [1.29, 1.82) is 0 Å². The Morgan fingerprint density at radius 1 is 0.359 bits per heavy atom. The maximum atomic E-state index is 3.12. The fraction of sp³-hybridized carbons (Fsp3) is 0.189. The van der Waals surface area contributed by atoms with Crippen LogP contribution in [0.5, 0.6) is 0 Å². The molecule has 2 aliphatic carbocycles. The number of aryl methyl sites for hydroxylation is 4. The molecule has 0 aliphatic heterocycles. The summed E-state index contributed by atoms with van der Waals surface area (Å²) in [6, 6.07) is 74.2. The summed E-state index contributed by atoms with van der Waals surface area (Å²) in [5.74, 6) is 0. The SMILES string of the molecule is CC1=C(C)C[C-]=C1.CC1=C(C)C[C-]=C1.CCc1ccc2c(c1)[cH-]c1cc(CC)ccc12.CCc1ccc2c(c1)[cH-]c1cc(CC)ccc12.[Cl-].[Cl-].[Zr+2]=[C](c1ccccc1)c1ccccc1.[Zr+2]=[C](c1ccccc1)c1ccccc1. The summed E-state index contributed by atoms with van der Waals surface area (Å²) in [5.41, 5.74) is 16.7. The summed E-state index contributed by atoms with van der Waals surface area (Å²) >= 11 is 2.92. The van der Waals surface area contributed by atoms with Gasteiger partial charge in [-0.2, -0.15) is 11.1 Å². The Bertz CT molecular complexity index is 3180. The molecule has 2 aliphatic rings. The molecule has 392 valence electrons. The van der Waals surface area contributed by atoms with Crippen LogP contribution in [0.4, 0.5) is 0 Å². The van der Waals surface area contributed by atoms with E-state index in [0.29, 0.717) is 0 Å². The van der Waals surface area contributed by atoms with Gasteiger partial charge in [-0.25, -0.2) is 23.3 Å². The van der Waals surface area contributed by atoms with Crippen LogP contribution in [-0.4, -0.2) is 6.41 Å². The number of fused-ring (bicyclic) bond motifs is 6. The molecule has 10 aromatic carbocycles. The van der Waals surface area contributed by atoms with Crippen molar-refractivity contribution < 1.29 is 73.3 Å². The van der Waals surface area contributed by atoms with E-state index in [-0.39, 0.29) is 24.8 Å². The molecule has 4 heteroatoms. The number of rotatable bonds is 8. The molecule has 0 unspecified atom stereocenters. The molecule has 0 bridgehead atoms. The van der Waals surface area contributed by atoms with Gasteiger partial charge >= 0.3 is 198 Å². The van der Waals surface area contributed by atoms with Gasteiger partial charge < -0.3 is 24.8 Å². The second-order valence-corrected chi connectivity index (χ2v) is 22.0. The van der Waals surface area contributed by atoms with Crippen LogP contribution in [-0.2, 0) is 74.2 Å². The minimum atomic E-state index is 0. The minimum absolute atomic E-state index is 0. The molecule has 0 saturated carbocycles. The first-order chi connectivity index (χ1) is 37.0. The fourth-order valence-corrected chi connectivity index (χ4v) is 10.8. The van der Waals surface area contributed by atoms with Crippen molar-refractivity contribution >= 4 is 49.5 Å². The zero-order valence-electron chi connectivity index (χ0n) is 46.8. The Hall–Kier alpha value is -5.45. The zero-order valence-corrected chi connectivity index (χ0v) is 53.2. The van der Waals surface area contributed by atoms with E-state index >= 15 is 0 Å². The van der Waals surface area contributed by atoms with Crippen LogP contribution >= 0.6 is 0 Å². The van der Waals surface area contributed by atoms with Gasteiger partial charge in [-0.05, 0) is 25.7 Å². The van der Waals surface area contributed by atoms with Gasteiger partial charge in [0.15, 0.2) is 0 Å². The molecular weight excluding hydrogens is 1140 g/mol. The number of hydrogen-bond donors (Lipinski definition) is 0. The summed E-state index contributed by atoms with van der Waals surface area (Å²) < 4.78 is 2.83. The molecule has 0 N–H and O–H groups in total. The zero-order chi connectivity index (χ0) is 53.8. The van der Waals surface area contributed by atoms with Gasteiger partial charge in [0.1, 0.15) is 0 Å². The summed E-state index contributed by atoms with van der Waals surface area (Å²) in [4.78, 5) is 0. The van der Waals surface area contributed by atoms with Gasteiger partial charge in [0.25, 0.3) is 0 Å². The van der Waals surface area contributed by atoms with E-state index in [4.69, 9.17) is 0 Å². The molecule has 78 heavy (non-hydrogen) atoms. The van der Waals surface area contributed by atoms with Crippen LogP contribution in [0.2, 0.25) is 0 Å². The van der Waals surface area contributed by atoms with Crippen molar-refractivity contribution in [3.8, 4) is 0 Å². The van der Waals surface area contributed by atoms with Crippen molar-refractivity contribution in [3.05, 3.63) is 297 Å². The molecule has 0 amide bonds. The number of hydrogen-bond acceptors (Lipinski definition) is 0. The quantitative estimate of drug-likeness (QED) is 0.133. The first kappa shape index (κ1) is 63.4. The third kappa shape index (κ3) is 17.8. The first-order valence-corrected chi connectivity index (χ1v) is 29.5. The average Bonchev–Trinajstić information content (AvgIpc) is 4.30. The number of benzene rings is 8. The molecular formula is C74H72Cl2Zr2-2. The molecule has 10 aromatic rings. The van der Waals surface area contributed by atoms with E-state index in [2.05, 4.69) is 286 Å². The average molecular weight is 1210 g/mol. The number of allylic oxidation sites excluding steroid dienone is 8. The number of halogens is 2. The van der Waals surface area contributed by atoms with E-state index in [1.54, 1.807) is 0 Å². The second-order valence-electron chi connectivity index (χ2n) is 19.6. The van der Waals surface area contributed by atoms with Crippen molar-refractivity contribution in [2.24, 2.45) is 0 Å². The van der Waals surface area contributed by atoms with Gasteiger partial charge in [-0.1, -0.05) is 112 Å². The summed E-state index contributed by atoms with van der Waals surface area (Å²) in [6.45, 7) is 17.4. The van der Waals surface area contributed by atoms with Crippen LogP contribution < -0.4 is 24.8 Å². The van der Waals surface area contributed by atoms with Crippen molar-refractivity contribution in [3.63, 3.8) is 0 Å². The standard InChI is InChI=1S/2C17H17.2C13H10.2C7H9.2ClH.2Zr/c2*1-3-12-5-7-16-14(9-12)11-15-10-13(4-2)6-8-17(15)16;2*1-3-7-12(8-4-1)11-13-9-5-2-6-10-13;2*1-6-4-3-5-7(6)2;;;;/h2*5-11H,3-4H2,1-2H3;2*1-10H;2*4H,5H2,1-2H3;2*1H;;/q2*-1;;;2*-1;;;2*+2/p-2. The Morgan fingerprint density at radius 2 is 0.590 bits per heavy atom. The molecule has 0 atom stereocenters. The van der Waals surface area contributed by atoms with Crippen molar-refractivity contribution in [2.45, 2.75) is 93.9 Å². The van der Waals surface area contributed by atoms with E-state index in [1.165, 1.54) is 165 Å².